The van der Waals surface area contributed by atoms with E-state index >= 15 is 0 Å². The normalized spacial score (nSPS) is 10.9. The predicted octanol–water partition coefficient (Wildman–Crippen LogP) is 5.07. The number of nitrogens with zero attached hydrogens (tertiary/aromatic N) is 2. The fourth-order valence-electron chi connectivity index (χ4n) is 4.53. The Hall–Kier alpha value is -4.17. The van der Waals surface area contributed by atoms with Gasteiger partial charge in [-0.15, -0.1) is 0 Å². The van der Waals surface area contributed by atoms with Crippen molar-refractivity contribution < 1.29 is 23.5 Å². The molecule has 0 atom stereocenters. The van der Waals surface area contributed by atoms with Crippen LogP contribution in [-0.2, 0) is 22.5 Å². The molecule has 0 saturated carbocycles. The molecule has 0 saturated heterocycles. The van der Waals surface area contributed by atoms with Gasteiger partial charge in [0.15, 0.2) is 0 Å². The molecular formula is C31H34FN3O4. The molecule has 1 N–H and O–H groups in total. The van der Waals surface area contributed by atoms with Crippen molar-refractivity contribution >= 4 is 22.7 Å². The third-order valence-electron chi connectivity index (χ3n) is 6.69. The van der Waals surface area contributed by atoms with Crippen molar-refractivity contribution in [1.82, 2.24) is 14.8 Å². The van der Waals surface area contributed by atoms with E-state index in [1.807, 2.05) is 48.7 Å². The van der Waals surface area contributed by atoms with Crippen LogP contribution in [0.5, 0.6) is 5.75 Å². The Labute approximate surface area is 228 Å². The van der Waals surface area contributed by atoms with Gasteiger partial charge in [0.25, 0.3) is 5.91 Å². The second-order valence-electron chi connectivity index (χ2n) is 9.35. The highest BCUT2D eigenvalue weighted by atomic mass is 19.1. The fraction of sp³-hybridized carbons (Fsp3) is 0.290. The van der Waals surface area contributed by atoms with E-state index in [-0.39, 0.29) is 18.4 Å². The Bertz CT molecular complexity index is 1370. The Morgan fingerprint density at radius 3 is 2.36 bits per heavy atom. The summed E-state index contributed by atoms with van der Waals surface area (Å²) in [6, 6.07) is 21.1. The molecule has 0 radical (unpaired) electrons. The highest BCUT2D eigenvalue weighted by molar-refractivity contribution is 5.96. The maximum absolute atomic E-state index is 13.7. The molecule has 1 heterocycles. The first-order valence-corrected chi connectivity index (χ1v) is 13.0. The van der Waals surface area contributed by atoms with Crippen LogP contribution in [0.3, 0.4) is 0 Å². The summed E-state index contributed by atoms with van der Waals surface area (Å²) in [6.07, 6.45) is 3.21. The van der Waals surface area contributed by atoms with E-state index in [1.165, 1.54) is 29.2 Å². The molecule has 0 fully saturated rings. The van der Waals surface area contributed by atoms with Gasteiger partial charge in [0.2, 0.25) is 5.91 Å². The van der Waals surface area contributed by atoms with E-state index in [0.717, 1.165) is 27.8 Å². The highest BCUT2D eigenvalue weighted by Crippen LogP contribution is 2.20. The lowest BCUT2D eigenvalue weighted by molar-refractivity contribution is -0.132. The quantitative estimate of drug-likeness (QED) is 0.245. The van der Waals surface area contributed by atoms with E-state index in [0.29, 0.717) is 44.6 Å². The summed E-state index contributed by atoms with van der Waals surface area (Å²) >= 11 is 0. The van der Waals surface area contributed by atoms with Crippen LogP contribution in [0.1, 0.15) is 27.9 Å². The number of nitrogens with one attached hydrogen (secondary N) is 1. The molecule has 0 aliphatic rings. The maximum atomic E-state index is 13.7. The number of para-hydroxylation sites is 1. The molecule has 4 rings (SSSR count). The zero-order chi connectivity index (χ0) is 27.6. The maximum Gasteiger partial charge on any atom is 0.254 e. The molecule has 0 spiro atoms. The summed E-state index contributed by atoms with van der Waals surface area (Å²) < 4.78 is 23.9. The van der Waals surface area contributed by atoms with Gasteiger partial charge >= 0.3 is 0 Å². The molecule has 0 aliphatic heterocycles. The Kier molecular flexibility index (Phi) is 9.69. The van der Waals surface area contributed by atoms with Crippen molar-refractivity contribution in [3.05, 3.63) is 102 Å². The van der Waals surface area contributed by atoms with Crippen LogP contribution in [0.15, 0.2) is 79.0 Å². The Balaban J connectivity index is 1.54. The van der Waals surface area contributed by atoms with Crippen molar-refractivity contribution in [3.8, 4) is 5.75 Å². The largest absolute Gasteiger partial charge is 0.497 e. The average molecular weight is 532 g/mol. The van der Waals surface area contributed by atoms with Gasteiger partial charge in [-0.3, -0.25) is 9.59 Å². The molecule has 0 unspecified atom stereocenters. The number of fused-ring (bicyclic) bond motifs is 1. The Morgan fingerprint density at radius 1 is 0.897 bits per heavy atom. The minimum absolute atomic E-state index is 0.0933. The van der Waals surface area contributed by atoms with Crippen LogP contribution in [0.4, 0.5) is 4.39 Å². The zero-order valence-corrected chi connectivity index (χ0v) is 22.4. The van der Waals surface area contributed by atoms with E-state index < -0.39 is 5.82 Å². The highest BCUT2D eigenvalue weighted by Gasteiger charge is 2.23. The van der Waals surface area contributed by atoms with E-state index in [1.54, 1.807) is 19.1 Å². The number of carbonyl (C=O) groups is 2. The first kappa shape index (κ1) is 27.9. The molecule has 204 valence electrons. The second kappa shape index (κ2) is 13.6. The van der Waals surface area contributed by atoms with Gasteiger partial charge < -0.3 is 24.3 Å². The summed E-state index contributed by atoms with van der Waals surface area (Å²) in [5.41, 5.74) is 3.47. The number of amides is 2. The third kappa shape index (κ3) is 7.45. The van der Waals surface area contributed by atoms with Gasteiger partial charge in [0.05, 0.1) is 7.11 Å². The molecular weight excluding hydrogens is 497 g/mol. The van der Waals surface area contributed by atoms with Crippen molar-refractivity contribution in [2.75, 3.05) is 40.5 Å². The summed E-state index contributed by atoms with van der Waals surface area (Å²) in [5, 5.41) is 1.13. The number of benzene rings is 3. The van der Waals surface area contributed by atoms with Crippen molar-refractivity contribution in [1.29, 1.82) is 0 Å². The second-order valence-corrected chi connectivity index (χ2v) is 9.35. The van der Waals surface area contributed by atoms with Gasteiger partial charge in [0.1, 0.15) is 18.1 Å². The van der Waals surface area contributed by atoms with Crippen molar-refractivity contribution in [2.45, 2.75) is 19.4 Å². The number of carbonyl (C=O) groups excluding carboxylic acids is 2. The zero-order valence-electron chi connectivity index (χ0n) is 22.4. The van der Waals surface area contributed by atoms with Gasteiger partial charge in [0, 0.05) is 56.0 Å². The minimum Gasteiger partial charge on any atom is -0.497 e. The average Bonchev–Trinajstić information content (AvgIpc) is 3.38. The molecule has 1 aromatic heterocycles. The third-order valence-corrected chi connectivity index (χ3v) is 6.69. The number of hydrogen-bond donors (Lipinski definition) is 1. The fourth-order valence-corrected chi connectivity index (χ4v) is 4.53. The van der Waals surface area contributed by atoms with Crippen LogP contribution in [0.25, 0.3) is 10.9 Å². The smallest absolute Gasteiger partial charge is 0.254 e. The molecule has 39 heavy (non-hydrogen) atoms. The van der Waals surface area contributed by atoms with Crippen molar-refractivity contribution in [2.24, 2.45) is 0 Å². The topological polar surface area (TPSA) is 74.9 Å². The van der Waals surface area contributed by atoms with Crippen molar-refractivity contribution in [3.63, 3.8) is 0 Å². The molecule has 3 aromatic carbocycles. The lowest BCUT2D eigenvalue weighted by atomic mass is 10.1. The summed E-state index contributed by atoms with van der Waals surface area (Å²) in [5.74, 6) is -0.167. The number of halogens is 1. The van der Waals surface area contributed by atoms with E-state index in [9.17, 15) is 14.0 Å². The number of ether oxygens (including phenoxy) is 2. The number of hydrogen-bond acceptors (Lipinski definition) is 4. The van der Waals surface area contributed by atoms with Crippen LogP contribution in [-0.4, -0.2) is 67.1 Å². The summed E-state index contributed by atoms with van der Waals surface area (Å²) in [6.45, 7) is 1.57. The Morgan fingerprint density at radius 2 is 1.64 bits per heavy atom. The van der Waals surface area contributed by atoms with Crippen LogP contribution >= 0.6 is 0 Å². The summed E-state index contributed by atoms with van der Waals surface area (Å²) in [7, 11) is 3.21. The van der Waals surface area contributed by atoms with Crippen LogP contribution < -0.4 is 4.74 Å². The van der Waals surface area contributed by atoms with E-state index in [4.69, 9.17) is 9.47 Å². The SMILES string of the molecule is COCCCN(CC(=O)N(CCc1c[nH]c2ccccc12)Cc1ccc(OC)cc1)C(=O)c1ccc(F)cc1. The van der Waals surface area contributed by atoms with Gasteiger partial charge in [-0.05, 0) is 66.4 Å². The van der Waals surface area contributed by atoms with Gasteiger partial charge in [-0.1, -0.05) is 30.3 Å². The number of rotatable bonds is 13. The first-order chi connectivity index (χ1) is 19.0. The molecule has 0 bridgehead atoms. The van der Waals surface area contributed by atoms with Gasteiger partial charge in [-0.2, -0.15) is 0 Å². The number of H-pyrrole nitrogens is 1. The number of aromatic amines is 1. The van der Waals surface area contributed by atoms with Crippen LogP contribution in [0, 0.1) is 5.82 Å². The predicted molar refractivity (Wildman–Crippen MR) is 149 cm³/mol. The number of methoxy groups -OCH3 is 2. The molecule has 8 heteroatoms. The standard InChI is InChI=1S/C31H34FN3O4/c1-38-19-5-17-35(31(37)24-10-12-26(32)13-11-24)22-30(36)34(21-23-8-14-27(39-2)15-9-23)18-16-25-20-33-29-7-4-3-6-28(25)29/h3-4,6-15,20,33H,5,16-19,21-22H2,1-2H3. The monoisotopic (exact) mass is 531 g/mol. The molecule has 4 aromatic rings. The lowest BCUT2D eigenvalue weighted by Crippen LogP contribution is -2.44. The molecule has 2 amide bonds. The molecule has 7 nitrogen and oxygen atoms in total. The van der Waals surface area contributed by atoms with Gasteiger partial charge in [-0.25, -0.2) is 4.39 Å². The number of aromatic nitrogens is 1. The molecule has 0 aliphatic carbocycles. The first-order valence-electron chi connectivity index (χ1n) is 13.0. The summed E-state index contributed by atoms with van der Waals surface area (Å²) in [4.78, 5) is 33.6. The minimum atomic E-state index is -0.420. The van der Waals surface area contributed by atoms with Crippen LogP contribution in [0.2, 0.25) is 0 Å². The van der Waals surface area contributed by atoms with E-state index in [2.05, 4.69) is 11.1 Å². The lowest BCUT2D eigenvalue weighted by Gasteiger charge is -2.28.